The van der Waals surface area contributed by atoms with Crippen LogP contribution in [-0.4, -0.2) is 15.7 Å². The molecule has 0 aliphatic heterocycles. The number of hydrogen-bond donors (Lipinski definition) is 1. The molecular formula is C11H8FN3O2. The first-order valence-electron chi connectivity index (χ1n) is 4.74. The second-order valence-electron chi connectivity index (χ2n) is 3.28. The summed E-state index contributed by atoms with van der Waals surface area (Å²) in [5, 5.41) is 3.69. The third-order valence-corrected chi connectivity index (χ3v) is 2.13. The third kappa shape index (κ3) is 2.05. The lowest BCUT2D eigenvalue weighted by Gasteiger charge is -2.05. The average Bonchev–Trinajstić information content (AvgIpc) is 2.30. The molecular weight excluding hydrogens is 225 g/mol. The normalized spacial score (nSPS) is 10.2. The van der Waals surface area contributed by atoms with Crippen molar-refractivity contribution in [3.8, 4) is 5.69 Å². The number of hydrogen-bond acceptors (Lipinski definition) is 3. The van der Waals surface area contributed by atoms with Gasteiger partial charge in [0.25, 0.3) is 11.5 Å². The van der Waals surface area contributed by atoms with Crippen LogP contribution in [0.5, 0.6) is 0 Å². The Labute approximate surface area is 95.3 Å². The summed E-state index contributed by atoms with van der Waals surface area (Å²) in [7, 11) is 0. The number of para-hydroxylation sites is 1. The van der Waals surface area contributed by atoms with Crippen molar-refractivity contribution in [3.05, 3.63) is 58.3 Å². The van der Waals surface area contributed by atoms with Crippen LogP contribution in [0.15, 0.2) is 41.2 Å². The molecule has 0 saturated carbocycles. The van der Waals surface area contributed by atoms with Gasteiger partial charge in [-0.3, -0.25) is 9.59 Å². The summed E-state index contributed by atoms with van der Waals surface area (Å²) in [6, 6.07) is 7.93. The van der Waals surface area contributed by atoms with E-state index in [-0.39, 0.29) is 11.4 Å². The number of nitrogens with two attached hydrogens (primary N) is 1. The van der Waals surface area contributed by atoms with Crippen LogP contribution < -0.4 is 11.3 Å². The number of rotatable bonds is 2. The molecule has 2 N–H and O–H groups in total. The minimum atomic E-state index is -0.782. The van der Waals surface area contributed by atoms with E-state index in [0.29, 0.717) is 0 Å². The molecule has 1 heterocycles. The number of benzene rings is 1. The summed E-state index contributed by atoms with van der Waals surface area (Å²) in [4.78, 5) is 22.5. The van der Waals surface area contributed by atoms with Gasteiger partial charge >= 0.3 is 0 Å². The molecule has 0 fully saturated rings. The van der Waals surface area contributed by atoms with Gasteiger partial charge in [0.1, 0.15) is 17.2 Å². The molecule has 0 saturated heterocycles. The SMILES string of the molecule is NC(=O)c1ccc(=O)n(-c2ccccc2F)n1. The Bertz CT molecular complexity index is 637. The highest BCUT2D eigenvalue weighted by atomic mass is 19.1. The minimum absolute atomic E-state index is 0.0272. The predicted molar refractivity (Wildman–Crippen MR) is 58.3 cm³/mol. The quantitative estimate of drug-likeness (QED) is 0.818. The maximum Gasteiger partial charge on any atom is 0.271 e. The molecule has 0 atom stereocenters. The van der Waals surface area contributed by atoms with E-state index in [0.717, 1.165) is 10.7 Å². The smallest absolute Gasteiger partial charge is 0.271 e. The largest absolute Gasteiger partial charge is 0.364 e. The van der Waals surface area contributed by atoms with Gasteiger partial charge in [0, 0.05) is 6.07 Å². The van der Waals surface area contributed by atoms with Crippen LogP contribution in [0, 0.1) is 5.82 Å². The average molecular weight is 233 g/mol. The molecule has 2 aromatic rings. The molecule has 0 radical (unpaired) electrons. The van der Waals surface area contributed by atoms with E-state index >= 15 is 0 Å². The molecule has 1 aromatic carbocycles. The fourth-order valence-corrected chi connectivity index (χ4v) is 1.34. The monoisotopic (exact) mass is 233 g/mol. The standard InChI is InChI=1S/C11H8FN3O2/c12-7-3-1-2-4-9(7)15-10(16)6-5-8(14-15)11(13)17/h1-6H,(H2,13,17). The summed E-state index contributed by atoms with van der Waals surface area (Å²) < 4.78 is 14.3. The molecule has 1 aromatic heterocycles. The van der Waals surface area contributed by atoms with Crippen LogP contribution >= 0.6 is 0 Å². The van der Waals surface area contributed by atoms with E-state index in [1.54, 1.807) is 6.07 Å². The second kappa shape index (κ2) is 4.17. The summed E-state index contributed by atoms with van der Waals surface area (Å²) in [5.74, 6) is -1.39. The van der Waals surface area contributed by atoms with Crippen LogP contribution in [0.1, 0.15) is 10.5 Å². The molecule has 6 heteroatoms. The Morgan fingerprint density at radius 3 is 2.59 bits per heavy atom. The maximum atomic E-state index is 13.5. The zero-order valence-electron chi connectivity index (χ0n) is 8.63. The number of carbonyl (C=O) groups excluding carboxylic acids is 1. The molecule has 0 unspecified atom stereocenters. The van der Waals surface area contributed by atoms with Gasteiger partial charge in [0.05, 0.1) is 0 Å². The lowest BCUT2D eigenvalue weighted by molar-refractivity contribution is 0.0994. The Morgan fingerprint density at radius 2 is 1.94 bits per heavy atom. The summed E-state index contributed by atoms with van der Waals surface area (Å²) in [6.45, 7) is 0. The highest BCUT2D eigenvalue weighted by Crippen LogP contribution is 2.09. The molecule has 86 valence electrons. The molecule has 0 aliphatic rings. The molecule has 0 aliphatic carbocycles. The minimum Gasteiger partial charge on any atom is -0.364 e. The van der Waals surface area contributed by atoms with Crippen LogP contribution in [0.25, 0.3) is 5.69 Å². The van der Waals surface area contributed by atoms with Gasteiger partial charge in [0.2, 0.25) is 0 Å². The first-order valence-corrected chi connectivity index (χ1v) is 4.74. The van der Waals surface area contributed by atoms with E-state index in [2.05, 4.69) is 5.10 Å². The van der Waals surface area contributed by atoms with Crippen molar-refractivity contribution < 1.29 is 9.18 Å². The zero-order chi connectivity index (χ0) is 12.4. The Hall–Kier alpha value is -2.50. The van der Waals surface area contributed by atoms with E-state index in [9.17, 15) is 14.0 Å². The molecule has 17 heavy (non-hydrogen) atoms. The van der Waals surface area contributed by atoms with Crippen molar-refractivity contribution in [2.45, 2.75) is 0 Å². The van der Waals surface area contributed by atoms with Gasteiger partial charge in [-0.05, 0) is 18.2 Å². The maximum absolute atomic E-state index is 13.5. The number of carbonyl (C=O) groups is 1. The van der Waals surface area contributed by atoms with E-state index < -0.39 is 17.3 Å². The number of primary amides is 1. The van der Waals surface area contributed by atoms with Crippen molar-refractivity contribution in [1.82, 2.24) is 9.78 Å². The van der Waals surface area contributed by atoms with E-state index in [4.69, 9.17) is 5.73 Å². The van der Waals surface area contributed by atoms with Gasteiger partial charge in [-0.25, -0.2) is 4.39 Å². The highest BCUT2D eigenvalue weighted by molar-refractivity contribution is 5.90. The molecule has 0 bridgehead atoms. The lowest BCUT2D eigenvalue weighted by atomic mass is 10.3. The first-order chi connectivity index (χ1) is 8.09. The van der Waals surface area contributed by atoms with Gasteiger partial charge in [0.15, 0.2) is 0 Å². The van der Waals surface area contributed by atoms with Crippen LogP contribution in [0.2, 0.25) is 0 Å². The molecule has 2 rings (SSSR count). The highest BCUT2D eigenvalue weighted by Gasteiger charge is 2.09. The van der Waals surface area contributed by atoms with Crippen molar-refractivity contribution in [2.75, 3.05) is 0 Å². The summed E-state index contributed by atoms with van der Waals surface area (Å²) in [6.07, 6.45) is 0. The van der Waals surface area contributed by atoms with Crippen molar-refractivity contribution in [1.29, 1.82) is 0 Å². The molecule has 5 nitrogen and oxygen atoms in total. The number of amides is 1. The van der Waals surface area contributed by atoms with Gasteiger partial charge in [-0.1, -0.05) is 12.1 Å². The summed E-state index contributed by atoms with van der Waals surface area (Å²) in [5.41, 5.74) is 4.37. The number of nitrogens with zero attached hydrogens (tertiary/aromatic N) is 2. The van der Waals surface area contributed by atoms with Gasteiger partial charge in [-0.2, -0.15) is 9.78 Å². The van der Waals surface area contributed by atoms with Crippen molar-refractivity contribution in [3.63, 3.8) is 0 Å². The fourth-order valence-electron chi connectivity index (χ4n) is 1.34. The van der Waals surface area contributed by atoms with E-state index in [1.165, 1.54) is 24.3 Å². The number of aromatic nitrogens is 2. The van der Waals surface area contributed by atoms with E-state index in [1.807, 2.05) is 0 Å². The zero-order valence-corrected chi connectivity index (χ0v) is 8.63. The fraction of sp³-hybridized carbons (Fsp3) is 0. The van der Waals surface area contributed by atoms with Crippen LogP contribution in [0.4, 0.5) is 4.39 Å². The second-order valence-corrected chi connectivity index (χ2v) is 3.28. The van der Waals surface area contributed by atoms with Crippen LogP contribution in [0.3, 0.4) is 0 Å². The lowest BCUT2D eigenvalue weighted by Crippen LogP contribution is -2.25. The number of halogens is 1. The predicted octanol–water partition coefficient (Wildman–Crippen LogP) is 0.471. The molecule has 0 spiro atoms. The Morgan fingerprint density at radius 1 is 1.24 bits per heavy atom. The van der Waals surface area contributed by atoms with Crippen LogP contribution in [-0.2, 0) is 0 Å². The van der Waals surface area contributed by atoms with Gasteiger partial charge in [-0.15, -0.1) is 0 Å². The summed E-state index contributed by atoms with van der Waals surface area (Å²) >= 11 is 0. The topological polar surface area (TPSA) is 78.0 Å². The Kier molecular flexibility index (Phi) is 2.70. The van der Waals surface area contributed by atoms with Gasteiger partial charge < -0.3 is 5.73 Å². The van der Waals surface area contributed by atoms with Crippen molar-refractivity contribution >= 4 is 5.91 Å². The third-order valence-electron chi connectivity index (χ3n) is 2.13. The van der Waals surface area contributed by atoms with Crippen molar-refractivity contribution in [2.24, 2.45) is 5.73 Å². The Balaban J connectivity index is 2.67. The first kappa shape index (κ1) is 11.0. The molecule has 1 amide bonds.